The van der Waals surface area contributed by atoms with Gasteiger partial charge < -0.3 is 14.5 Å². The summed E-state index contributed by atoms with van der Waals surface area (Å²) in [6.07, 6.45) is 3.83. The maximum atomic E-state index is 13.4. The van der Waals surface area contributed by atoms with Crippen LogP contribution in [0, 0.1) is 6.92 Å². The molecule has 4 rings (SSSR count). The van der Waals surface area contributed by atoms with E-state index in [0.29, 0.717) is 25.2 Å². The first-order chi connectivity index (χ1) is 14.1. The summed E-state index contributed by atoms with van der Waals surface area (Å²) in [5, 5.41) is 7.32. The summed E-state index contributed by atoms with van der Waals surface area (Å²) in [5.74, 6) is -0.154. The third-order valence-corrected chi connectivity index (χ3v) is 5.85. The summed E-state index contributed by atoms with van der Waals surface area (Å²) in [7, 11) is 1.81. The first kappa shape index (κ1) is 20.4. The number of nitrogens with one attached hydrogen (secondary N) is 1. The van der Waals surface area contributed by atoms with E-state index in [4.69, 9.17) is 4.74 Å². The molecule has 8 heteroatoms. The quantitative estimate of drug-likeness (QED) is 0.838. The first-order valence-electron chi connectivity index (χ1n) is 10.4. The zero-order valence-corrected chi connectivity index (χ0v) is 18.3. The lowest BCUT2D eigenvalue weighted by atomic mass is 10.0. The third-order valence-electron chi connectivity index (χ3n) is 5.85. The molecule has 1 fully saturated rings. The molecule has 0 bridgehead atoms. The number of aryl methyl sites for hydroxylation is 1. The van der Waals surface area contributed by atoms with E-state index in [9.17, 15) is 9.59 Å². The summed E-state index contributed by atoms with van der Waals surface area (Å²) in [6, 6.07) is 4.02. The number of rotatable bonds is 3. The van der Waals surface area contributed by atoms with Crippen LogP contribution in [0.2, 0.25) is 0 Å². The molecule has 0 radical (unpaired) electrons. The van der Waals surface area contributed by atoms with Gasteiger partial charge in [-0.3, -0.25) is 14.9 Å². The fourth-order valence-corrected chi connectivity index (χ4v) is 3.93. The van der Waals surface area contributed by atoms with Crippen molar-refractivity contribution >= 4 is 12.0 Å². The lowest BCUT2D eigenvalue weighted by Gasteiger charge is -2.31. The number of hydrogen-bond donors (Lipinski definition) is 1. The zero-order valence-electron chi connectivity index (χ0n) is 18.3. The number of amides is 2. The SMILES string of the molecule is Cc1ccc(C2(N(C)C(=O)c3n[nH]c4c3CN(C(=O)OC(C)(C)C)CC4)CC2)nc1. The molecule has 1 saturated carbocycles. The van der Waals surface area contributed by atoms with Crippen molar-refractivity contribution in [3.8, 4) is 0 Å². The Morgan fingerprint density at radius 3 is 2.60 bits per heavy atom. The maximum Gasteiger partial charge on any atom is 0.410 e. The highest BCUT2D eigenvalue weighted by Crippen LogP contribution is 2.50. The van der Waals surface area contributed by atoms with E-state index in [1.807, 2.05) is 53.1 Å². The van der Waals surface area contributed by atoms with Crippen LogP contribution in [0.3, 0.4) is 0 Å². The number of hydrogen-bond acceptors (Lipinski definition) is 5. The highest BCUT2D eigenvalue weighted by Gasteiger charge is 2.52. The Kier molecular flexibility index (Phi) is 4.83. The Morgan fingerprint density at radius 1 is 1.27 bits per heavy atom. The monoisotopic (exact) mass is 411 g/mol. The minimum atomic E-state index is -0.563. The van der Waals surface area contributed by atoms with Gasteiger partial charge in [0.15, 0.2) is 5.69 Å². The minimum Gasteiger partial charge on any atom is -0.444 e. The van der Waals surface area contributed by atoms with Gasteiger partial charge in [0.05, 0.1) is 17.8 Å². The van der Waals surface area contributed by atoms with Crippen molar-refractivity contribution in [2.24, 2.45) is 0 Å². The number of nitrogens with zero attached hydrogens (tertiary/aromatic N) is 4. The predicted octanol–water partition coefficient (Wildman–Crippen LogP) is 3.17. The molecular weight excluding hydrogens is 382 g/mol. The van der Waals surface area contributed by atoms with Gasteiger partial charge in [-0.25, -0.2) is 4.79 Å². The van der Waals surface area contributed by atoms with Crippen molar-refractivity contribution in [1.29, 1.82) is 0 Å². The van der Waals surface area contributed by atoms with Crippen molar-refractivity contribution in [2.45, 2.75) is 64.6 Å². The molecule has 0 atom stereocenters. The number of aromatic nitrogens is 3. The van der Waals surface area contributed by atoms with Crippen molar-refractivity contribution < 1.29 is 14.3 Å². The van der Waals surface area contributed by atoms with Crippen LogP contribution >= 0.6 is 0 Å². The van der Waals surface area contributed by atoms with Gasteiger partial charge in [-0.2, -0.15) is 5.10 Å². The van der Waals surface area contributed by atoms with Crippen LogP contribution in [-0.2, 0) is 23.2 Å². The van der Waals surface area contributed by atoms with Gasteiger partial charge in [-0.1, -0.05) is 6.07 Å². The number of carbonyl (C=O) groups is 2. The second-order valence-corrected chi connectivity index (χ2v) is 9.30. The smallest absolute Gasteiger partial charge is 0.410 e. The summed E-state index contributed by atoms with van der Waals surface area (Å²) in [4.78, 5) is 33.9. The van der Waals surface area contributed by atoms with Gasteiger partial charge in [0.25, 0.3) is 5.91 Å². The van der Waals surface area contributed by atoms with E-state index in [0.717, 1.165) is 35.4 Å². The molecule has 2 aromatic heterocycles. The average Bonchev–Trinajstić information content (AvgIpc) is 3.39. The largest absolute Gasteiger partial charge is 0.444 e. The van der Waals surface area contributed by atoms with Crippen LogP contribution in [0.25, 0.3) is 0 Å². The molecule has 1 aliphatic carbocycles. The van der Waals surface area contributed by atoms with E-state index >= 15 is 0 Å². The van der Waals surface area contributed by atoms with Crippen molar-refractivity contribution in [2.75, 3.05) is 13.6 Å². The number of H-pyrrole nitrogens is 1. The second kappa shape index (κ2) is 7.11. The number of carbonyl (C=O) groups excluding carboxylic acids is 2. The Bertz CT molecular complexity index is 970. The van der Waals surface area contributed by atoms with Crippen LogP contribution in [0.1, 0.15) is 66.6 Å². The average molecular weight is 412 g/mol. The molecule has 2 amide bonds. The van der Waals surface area contributed by atoms with E-state index in [-0.39, 0.29) is 17.5 Å². The van der Waals surface area contributed by atoms with Gasteiger partial charge in [0.2, 0.25) is 0 Å². The van der Waals surface area contributed by atoms with E-state index in [1.165, 1.54) is 0 Å². The molecular formula is C22H29N5O3. The van der Waals surface area contributed by atoms with Crippen molar-refractivity contribution in [1.82, 2.24) is 25.0 Å². The Labute approximate surface area is 176 Å². The molecule has 0 spiro atoms. The summed E-state index contributed by atoms with van der Waals surface area (Å²) in [5.41, 5.74) is 3.11. The van der Waals surface area contributed by atoms with E-state index < -0.39 is 5.60 Å². The van der Waals surface area contributed by atoms with Gasteiger partial charge in [0, 0.05) is 37.5 Å². The fourth-order valence-electron chi connectivity index (χ4n) is 3.93. The molecule has 30 heavy (non-hydrogen) atoms. The molecule has 8 nitrogen and oxygen atoms in total. The topological polar surface area (TPSA) is 91.4 Å². The van der Waals surface area contributed by atoms with Crippen molar-refractivity contribution in [3.63, 3.8) is 0 Å². The highest BCUT2D eigenvalue weighted by molar-refractivity contribution is 5.95. The third kappa shape index (κ3) is 3.66. The molecule has 1 N–H and O–H groups in total. The first-order valence-corrected chi connectivity index (χ1v) is 10.4. The van der Waals surface area contributed by atoms with Crippen LogP contribution in [-0.4, -0.2) is 56.2 Å². The highest BCUT2D eigenvalue weighted by atomic mass is 16.6. The number of pyridine rings is 1. The molecule has 2 aromatic rings. The molecule has 0 unspecified atom stereocenters. The molecule has 160 valence electrons. The van der Waals surface area contributed by atoms with Gasteiger partial charge in [0.1, 0.15) is 5.60 Å². The van der Waals surface area contributed by atoms with Gasteiger partial charge in [-0.15, -0.1) is 0 Å². The van der Waals surface area contributed by atoms with Crippen LogP contribution in [0.5, 0.6) is 0 Å². The zero-order chi connectivity index (χ0) is 21.7. The Hall–Kier alpha value is -2.90. The van der Waals surface area contributed by atoms with E-state index in [1.54, 1.807) is 9.80 Å². The number of aromatic amines is 1. The van der Waals surface area contributed by atoms with Crippen LogP contribution in [0.4, 0.5) is 4.79 Å². The van der Waals surface area contributed by atoms with Gasteiger partial charge >= 0.3 is 6.09 Å². The second-order valence-electron chi connectivity index (χ2n) is 9.30. The summed E-state index contributed by atoms with van der Waals surface area (Å²) < 4.78 is 5.50. The van der Waals surface area contributed by atoms with Crippen LogP contribution < -0.4 is 0 Å². The molecule has 0 aromatic carbocycles. The minimum absolute atomic E-state index is 0.154. The fraction of sp³-hybridized carbons (Fsp3) is 0.545. The molecule has 3 heterocycles. The van der Waals surface area contributed by atoms with E-state index in [2.05, 4.69) is 15.2 Å². The predicted molar refractivity (Wildman–Crippen MR) is 111 cm³/mol. The lowest BCUT2D eigenvalue weighted by Crippen LogP contribution is -2.41. The Balaban J connectivity index is 1.55. The molecule has 1 aliphatic heterocycles. The Morgan fingerprint density at radius 2 is 2.00 bits per heavy atom. The van der Waals surface area contributed by atoms with Crippen LogP contribution in [0.15, 0.2) is 18.3 Å². The number of fused-ring (bicyclic) bond motifs is 1. The maximum absolute atomic E-state index is 13.4. The summed E-state index contributed by atoms with van der Waals surface area (Å²) in [6.45, 7) is 8.37. The van der Waals surface area contributed by atoms with Crippen molar-refractivity contribution in [3.05, 3.63) is 46.5 Å². The lowest BCUT2D eigenvalue weighted by molar-refractivity contribution is 0.0221. The molecule has 2 aliphatic rings. The molecule has 0 saturated heterocycles. The number of ether oxygens (including phenoxy) is 1. The van der Waals surface area contributed by atoms with Gasteiger partial charge in [-0.05, 0) is 52.2 Å². The normalized spacial score (nSPS) is 17.3. The standard InChI is InChI=1S/C22H29N5O3/c1-14-6-7-17(23-12-14)22(9-10-22)26(5)19(28)18-15-13-27(11-8-16(15)24-25-18)20(29)30-21(2,3)4/h6-7,12H,8-11,13H2,1-5H3,(H,24,25). The summed E-state index contributed by atoms with van der Waals surface area (Å²) >= 11 is 0.